The van der Waals surface area contributed by atoms with Crippen molar-refractivity contribution in [3.05, 3.63) is 36.0 Å². The van der Waals surface area contributed by atoms with Gasteiger partial charge in [0, 0.05) is 17.8 Å². The molecule has 0 fully saturated rings. The molecule has 0 spiro atoms. The van der Waals surface area contributed by atoms with Crippen LogP contribution in [0.15, 0.2) is 30.3 Å². The first-order valence-electron chi connectivity index (χ1n) is 7.81. The quantitative estimate of drug-likeness (QED) is 0.688. The number of rotatable bonds is 9. The molecule has 4 heteroatoms. The molecule has 1 aromatic carbocycles. The molecule has 0 radical (unpaired) electrons. The van der Waals surface area contributed by atoms with Gasteiger partial charge in [-0.3, -0.25) is 5.10 Å². The van der Waals surface area contributed by atoms with Crippen LogP contribution in [0.1, 0.15) is 44.7 Å². The van der Waals surface area contributed by atoms with Gasteiger partial charge in [0.05, 0.1) is 12.3 Å². The summed E-state index contributed by atoms with van der Waals surface area (Å²) in [6, 6.07) is 10.0. The van der Waals surface area contributed by atoms with Crippen molar-refractivity contribution in [3.63, 3.8) is 0 Å². The Bertz CT molecular complexity index is 519. The largest absolute Gasteiger partial charge is 0.494 e. The third-order valence-electron chi connectivity index (χ3n) is 3.52. The fourth-order valence-corrected chi connectivity index (χ4v) is 2.23. The smallest absolute Gasteiger partial charge is 0.119 e. The Morgan fingerprint density at radius 2 is 1.86 bits per heavy atom. The number of nitrogens with zero attached hydrogens (tertiary/aromatic N) is 1. The maximum Gasteiger partial charge on any atom is 0.119 e. The topological polar surface area (TPSA) is 63.9 Å². The number of H-pyrrole nitrogens is 1. The van der Waals surface area contributed by atoms with E-state index in [0.717, 1.165) is 35.7 Å². The van der Waals surface area contributed by atoms with Crippen molar-refractivity contribution in [1.29, 1.82) is 0 Å². The number of benzene rings is 1. The van der Waals surface area contributed by atoms with Gasteiger partial charge < -0.3 is 10.5 Å². The van der Waals surface area contributed by atoms with Gasteiger partial charge in [-0.1, -0.05) is 32.6 Å². The molecule has 0 amide bonds. The van der Waals surface area contributed by atoms with Crippen LogP contribution in [0.25, 0.3) is 11.3 Å². The molecule has 3 N–H and O–H groups in total. The Morgan fingerprint density at radius 3 is 2.52 bits per heavy atom. The zero-order chi connectivity index (χ0) is 14.9. The SMILES string of the molecule is CCCCCCCOc1ccc(-c2cc(CN)[nH]n2)cc1. The van der Waals surface area contributed by atoms with Crippen LogP contribution in [0.3, 0.4) is 0 Å². The maximum atomic E-state index is 5.76. The van der Waals surface area contributed by atoms with Gasteiger partial charge in [0.25, 0.3) is 0 Å². The summed E-state index contributed by atoms with van der Waals surface area (Å²) in [7, 11) is 0. The lowest BCUT2D eigenvalue weighted by molar-refractivity contribution is 0.304. The molecular formula is C17H25N3O. The number of ether oxygens (including phenoxy) is 1. The highest BCUT2D eigenvalue weighted by Crippen LogP contribution is 2.21. The highest BCUT2D eigenvalue weighted by atomic mass is 16.5. The minimum atomic E-state index is 0.478. The fourth-order valence-electron chi connectivity index (χ4n) is 2.23. The van der Waals surface area contributed by atoms with E-state index < -0.39 is 0 Å². The molecule has 1 heterocycles. The van der Waals surface area contributed by atoms with Gasteiger partial charge in [0.2, 0.25) is 0 Å². The first kappa shape index (κ1) is 15.6. The first-order chi connectivity index (χ1) is 10.3. The normalized spacial score (nSPS) is 10.8. The van der Waals surface area contributed by atoms with Crippen LogP contribution >= 0.6 is 0 Å². The van der Waals surface area contributed by atoms with E-state index in [4.69, 9.17) is 10.5 Å². The fraction of sp³-hybridized carbons (Fsp3) is 0.471. The summed E-state index contributed by atoms with van der Waals surface area (Å²) in [5, 5.41) is 7.17. The summed E-state index contributed by atoms with van der Waals surface area (Å²) in [6.45, 7) is 3.50. The molecule has 1 aromatic heterocycles. The van der Waals surface area contributed by atoms with Gasteiger partial charge in [-0.2, -0.15) is 5.10 Å². The van der Waals surface area contributed by atoms with E-state index in [-0.39, 0.29) is 0 Å². The summed E-state index contributed by atoms with van der Waals surface area (Å²) >= 11 is 0. The van der Waals surface area contributed by atoms with E-state index in [1.54, 1.807) is 0 Å². The number of unbranched alkanes of at least 4 members (excludes halogenated alkanes) is 4. The molecule has 0 atom stereocenters. The van der Waals surface area contributed by atoms with Gasteiger partial charge >= 0.3 is 0 Å². The lowest BCUT2D eigenvalue weighted by Gasteiger charge is -2.06. The monoisotopic (exact) mass is 287 g/mol. The third kappa shape index (κ3) is 4.90. The predicted octanol–water partition coefficient (Wildman–Crippen LogP) is 3.88. The molecule has 0 aliphatic rings. The Morgan fingerprint density at radius 1 is 1.10 bits per heavy atom. The van der Waals surface area contributed by atoms with Crippen LogP contribution in [0, 0.1) is 0 Å². The summed E-state index contributed by atoms with van der Waals surface area (Å²) < 4.78 is 5.76. The minimum absolute atomic E-state index is 0.478. The van der Waals surface area contributed by atoms with Gasteiger partial charge in [-0.15, -0.1) is 0 Å². The third-order valence-corrected chi connectivity index (χ3v) is 3.52. The predicted molar refractivity (Wildman–Crippen MR) is 86.2 cm³/mol. The summed E-state index contributed by atoms with van der Waals surface area (Å²) in [5.74, 6) is 0.920. The molecule has 0 bridgehead atoms. The van der Waals surface area contributed by atoms with Gasteiger partial charge in [-0.25, -0.2) is 0 Å². The molecule has 0 unspecified atom stereocenters. The zero-order valence-electron chi connectivity index (χ0n) is 12.8. The Kier molecular flexibility index (Phi) is 6.28. The molecule has 2 rings (SSSR count). The van der Waals surface area contributed by atoms with Crippen LogP contribution in [0.2, 0.25) is 0 Å². The second-order valence-electron chi connectivity index (χ2n) is 5.27. The number of nitrogens with one attached hydrogen (secondary N) is 1. The average molecular weight is 287 g/mol. The number of hydrogen-bond donors (Lipinski definition) is 2. The van der Waals surface area contributed by atoms with Crippen LogP contribution in [0.4, 0.5) is 0 Å². The van der Waals surface area contributed by atoms with Gasteiger partial charge in [-0.05, 0) is 36.8 Å². The van der Waals surface area contributed by atoms with Crippen LogP contribution in [-0.4, -0.2) is 16.8 Å². The second kappa shape index (κ2) is 8.47. The van der Waals surface area contributed by atoms with Crippen LogP contribution in [-0.2, 0) is 6.54 Å². The Balaban J connectivity index is 1.79. The summed E-state index contributed by atoms with van der Waals surface area (Å²) in [5.41, 5.74) is 8.50. The summed E-state index contributed by atoms with van der Waals surface area (Å²) in [4.78, 5) is 0. The molecule has 0 aliphatic heterocycles. The van der Waals surface area contributed by atoms with Crippen molar-refractivity contribution in [3.8, 4) is 17.0 Å². The van der Waals surface area contributed by atoms with E-state index in [0.29, 0.717) is 6.54 Å². The number of nitrogens with two attached hydrogens (primary N) is 1. The first-order valence-corrected chi connectivity index (χ1v) is 7.81. The Hall–Kier alpha value is -1.81. The second-order valence-corrected chi connectivity index (χ2v) is 5.27. The zero-order valence-corrected chi connectivity index (χ0v) is 12.8. The summed E-state index contributed by atoms with van der Waals surface area (Å²) in [6.07, 6.45) is 6.29. The molecule has 114 valence electrons. The molecule has 4 nitrogen and oxygen atoms in total. The van der Waals surface area contributed by atoms with Crippen molar-refractivity contribution in [2.45, 2.75) is 45.6 Å². The Labute approximate surface area is 126 Å². The van der Waals surface area contributed by atoms with Crippen molar-refractivity contribution in [2.75, 3.05) is 6.61 Å². The molecule has 21 heavy (non-hydrogen) atoms. The maximum absolute atomic E-state index is 5.76. The number of aromatic nitrogens is 2. The van der Waals surface area contributed by atoms with E-state index in [1.165, 1.54) is 25.7 Å². The van der Waals surface area contributed by atoms with Crippen molar-refractivity contribution in [1.82, 2.24) is 10.2 Å². The van der Waals surface area contributed by atoms with Crippen LogP contribution < -0.4 is 10.5 Å². The van der Waals surface area contributed by atoms with E-state index in [9.17, 15) is 0 Å². The van der Waals surface area contributed by atoms with Gasteiger partial charge in [0.1, 0.15) is 5.75 Å². The highest BCUT2D eigenvalue weighted by Gasteiger charge is 2.03. The number of hydrogen-bond acceptors (Lipinski definition) is 3. The minimum Gasteiger partial charge on any atom is -0.494 e. The molecule has 2 aromatic rings. The lowest BCUT2D eigenvalue weighted by Crippen LogP contribution is -1.97. The molecule has 0 aliphatic carbocycles. The lowest BCUT2D eigenvalue weighted by atomic mass is 10.1. The highest BCUT2D eigenvalue weighted by molar-refractivity contribution is 5.60. The van der Waals surface area contributed by atoms with Crippen molar-refractivity contribution >= 4 is 0 Å². The van der Waals surface area contributed by atoms with Crippen molar-refractivity contribution < 1.29 is 4.74 Å². The molecule has 0 saturated carbocycles. The van der Waals surface area contributed by atoms with Crippen molar-refractivity contribution in [2.24, 2.45) is 5.73 Å². The molecular weight excluding hydrogens is 262 g/mol. The standard InChI is InChI=1S/C17H25N3O/c1-2-3-4-5-6-11-21-16-9-7-14(8-10-16)17-12-15(13-18)19-20-17/h7-10,12H,2-6,11,13,18H2,1H3,(H,19,20). The number of aromatic amines is 1. The van der Waals surface area contributed by atoms with E-state index >= 15 is 0 Å². The van der Waals surface area contributed by atoms with Gasteiger partial charge in [0.15, 0.2) is 0 Å². The van der Waals surface area contributed by atoms with E-state index in [2.05, 4.69) is 17.1 Å². The van der Waals surface area contributed by atoms with Crippen LogP contribution in [0.5, 0.6) is 5.75 Å². The average Bonchev–Trinajstić information content (AvgIpc) is 3.00. The van der Waals surface area contributed by atoms with E-state index in [1.807, 2.05) is 30.3 Å². The molecule has 0 saturated heterocycles.